The van der Waals surface area contributed by atoms with Crippen molar-refractivity contribution in [1.82, 2.24) is 9.88 Å². The first-order chi connectivity index (χ1) is 14.1. The lowest BCUT2D eigenvalue weighted by molar-refractivity contribution is 0.264. The third-order valence-electron chi connectivity index (χ3n) is 5.62. The lowest BCUT2D eigenvalue weighted by Gasteiger charge is -2.35. The number of hydrogen-bond donors (Lipinski definition) is 1. The minimum absolute atomic E-state index is 0.111. The minimum atomic E-state index is -0.252. The van der Waals surface area contributed by atoms with E-state index < -0.39 is 0 Å². The van der Waals surface area contributed by atoms with Crippen LogP contribution in [0.2, 0.25) is 0 Å². The number of benzene rings is 2. The summed E-state index contributed by atoms with van der Waals surface area (Å²) in [6, 6.07) is 8.64. The molecule has 0 spiro atoms. The van der Waals surface area contributed by atoms with Gasteiger partial charge in [0.25, 0.3) is 0 Å². The highest BCUT2D eigenvalue weighted by Gasteiger charge is 2.29. The summed E-state index contributed by atoms with van der Waals surface area (Å²) in [6.45, 7) is 3.07. The Balaban J connectivity index is 1.66. The second-order valence-corrected chi connectivity index (χ2v) is 7.23. The van der Waals surface area contributed by atoms with Crippen LogP contribution in [0.5, 0.6) is 11.5 Å². The largest absolute Gasteiger partial charge is 0.493 e. The van der Waals surface area contributed by atoms with Crippen molar-refractivity contribution in [2.24, 2.45) is 0 Å². The van der Waals surface area contributed by atoms with Gasteiger partial charge in [-0.3, -0.25) is 4.79 Å². The SMILES string of the molecule is CCOc1cc2c(cc1OC)CCN([C]=O)[C@H]2CCc1c[nH]c2ccc(F)cc12. The fourth-order valence-corrected chi connectivity index (χ4v) is 4.21. The predicted octanol–water partition coefficient (Wildman–Crippen LogP) is 4.31. The Labute approximate surface area is 169 Å². The number of aromatic amines is 1. The highest BCUT2D eigenvalue weighted by molar-refractivity contribution is 5.83. The summed E-state index contributed by atoms with van der Waals surface area (Å²) in [4.78, 5) is 16.5. The summed E-state index contributed by atoms with van der Waals surface area (Å²) in [6.07, 6.45) is 6.19. The molecule has 6 heteroatoms. The van der Waals surface area contributed by atoms with Gasteiger partial charge in [-0.05, 0) is 73.2 Å². The van der Waals surface area contributed by atoms with E-state index in [2.05, 4.69) is 11.4 Å². The third-order valence-corrected chi connectivity index (χ3v) is 5.62. The van der Waals surface area contributed by atoms with E-state index >= 15 is 0 Å². The molecule has 0 saturated heterocycles. The zero-order valence-corrected chi connectivity index (χ0v) is 16.6. The molecule has 1 atom stereocenters. The number of aryl methyl sites for hydroxylation is 1. The second-order valence-electron chi connectivity index (χ2n) is 7.23. The monoisotopic (exact) mass is 395 g/mol. The fraction of sp³-hybridized carbons (Fsp3) is 0.348. The summed E-state index contributed by atoms with van der Waals surface area (Å²) in [5.41, 5.74) is 4.17. The van der Waals surface area contributed by atoms with E-state index in [4.69, 9.17) is 9.47 Å². The summed E-state index contributed by atoms with van der Waals surface area (Å²) in [5, 5.41) is 0.882. The Morgan fingerprint density at radius 1 is 1.28 bits per heavy atom. The van der Waals surface area contributed by atoms with Crippen LogP contribution in [0.15, 0.2) is 36.5 Å². The van der Waals surface area contributed by atoms with E-state index in [0.29, 0.717) is 37.5 Å². The summed E-state index contributed by atoms with van der Waals surface area (Å²) >= 11 is 0. The summed E-state index contributed by atoms with van der Waals surface area (Å²) in [7, 11) is 1.63. The first kappa shape index (κ1) is 19.3. The maximum Gasteiger partial charge on any atom is 0.312 e. The number of fused-ring (bicyclic) bond motifs is 2. The smallest absolute Gasteiger partial charge is 0.312 e. The number of aromatic nitrogens is 1. The Hall–Kier alpha value is -3.02. The molecule has 1 amide bonds. The van der Waals surface area contributed by atoms with Gasteiger partial charge in [0, 0.05) is 23.6 Å². The summed E-state index contributed by atoms with van der Waals surface area (Å²) < 4.78 is 24.9. The molecule has 1 N–H and O–H groups in total. The molecule has 0 aliphatic carbocycles. The Bertz CT molecular complexity index is 1030. The Morgan fingerprint density at radius 2 is 2.14 bits per heavy atom. The number of amides is 1. The van der Waals surface area contributed by atoms with Crippen LogP contribution >= 0.6 is 0 Å². The lowest BCUT2D eigenvalue weighted by Crippen LogP contribution is -2.34. The first-order valence-corrected chi connectivity index (χ1v) is 9.88. The lowest BCUT2D eigenvalue weighted by atomic mass is 9.88. The predicted molar refractivity (Wildman–Crippen MR) is 110 cm³/mol. The Kier molecular flexibility index (Phi) is 5.43. The zero-order valence-electron chi connectivity index (χ0n) is 16.6. The molecule has 0 bridgehead atoms. The number of rotatable bonds is 7. The number of halogens is 1. The molecule has 0 unspecified atom stereocenters. The van der Waals surface area contributed by atoms with E-state index in [-0.39, 0.29) is 11.9 Å². The molecule has 2 heterocycles. The van der Waals surface area contributed by atoms with Gasteiger partial charge in [-0.25, -0.2) is 4.39 Å². The van der Waals surface area contributed by atoms with Gasteiger partial charge in [-0.15, -0.1) is 0 Å². The van der Waals surface area contributed by atoms with Gasteiger partial charge in [-0.2, -0.15) is 0 Å². The molecule has 0 saturated carbocycles. The van der Waals surface area contributed by atoms with Gasteiger partial charge in [-0.1, -0.05) is 0 Å². The molecule has 3 aromatic rings. The van der Waals surface area contributed by atoms with Gasteiger partial charge >= 0.3 is 6.41 Å². The highest BCUT2D eigenvalue weighted by atomic mass is 19.1. The molecule has 29 heavy (non-hydrogen) atoms. The van der Waals surface area contributed by atoms with E-state index in [0.717, 1.165) is 34.0 Å². The van der Waals surface area contributed by atoms with Gasteiger partial charge < -0.3 is 19.4 Å². The number of nitrogens with zero attached hydrogens (tertiary/aromatic N) is 1. The quantitative estimate of drug-likeness (QED) is 0.648. The van der Waals surface area contributed by atoms with Gasteiger partial charge in [0.05, 0.1) is 19.8 Å². The van der Waals surface area contributed by atoms with Crippen molar-refractivity contribution in [2.45, 2.75) is 32.2 Å². The number of ether oxygens (including phenoxy) is 2. The average Bonchev–Trinajstić information content (AvgIpc) is 3.13. The van der Waals surface area contributed by atoms with Crippen molar-refractivity contribution in [1.29, 1.82) is 0 Å². The molecule has 1 aliphatic rings. The number of methoxy groups -OCH3 is 1. The number of H-pyrrole nitrogens is 1. The van der Waals surface area contributed by atoms with Crippen LogP contribution < -0.4 is 9.47 Å². The zero-order chi connectivity index (χ0) is 20.4. The van der Waals surface area contributed by atoms with Gasteiger partial charge in [0.1, 0.15) is 5.82 Å². The first-order valence-electron chi connectivity index (χ1n) is 9.88. The highest BCUT2D eigenvalue weighted by Crippen LogP contribution is 2.39. The second kappa shape index (κ2) is 8.15. The van der Waals surface area contributed by atoms with E-state index in [1.54, 1.807) is 24.1 Å². The molecule has 0 fully saturated rings. The van der Waals surface area contributed by atoms with Crippen LogP contribution in [-0.4, -0.2) is 36.6 Å². The molecular weight excluding hydrogens is 371 g/mol. The molecule has 1 radical (unpaired) electrons. The van der Waals surface area contributed by atoms with Crippen molar-refractivity contribution in [3.8, 4) is 11.5 Å². The molecular formula is C23H24FN2O3. The van der Waals surface area contributed by atoms with Crippen molar-refractivity contribution < 1.29 is 18.7 Å². The topological polar surface area (TPSA) is 54.6 Å². The van der Waals surface area contributed by atoms with Crippen molar-refractivity contribution in [2.75, 3.05) is 20.3 Å². The van der Waals surface area contributed by atoms with Crippen LogP contribution in [0, 0.1) is 5.82 Å². The number of nitrogens with one attached hydrogen (secondary N) is 1. The average molecular weight is 395 g/mol. The van der Waals surface area contributed by atoms with E-state index in [9.17, 15) is 9.18 Å². The van der Waals surface area contributed by atoms with Crippen molar-refractivity contribution in [3.63, 3.8) is 0 Å². The van der Waals surface area contributed by atoms with Crippen molar-refractivity contribution in [3.05, 3.63) is 59.0 Å². The van der Waals surface area contributed by atoms with E-state index in [1.807, 2.05) is 25.3 Å². The van der Waals surface area contributed by atoms with Gasteiger partial charge in [0.2, 0.25) is 0 Å². The standard InChI is InChI=1S/C23H24FN2O3/c1-3-29-23-12-19-15(10-22(23)28-2)8-9-26(14-27)21(19)7-4-16-13-25-20-6-5-17(24)11-18(16)20/h5-6,10-13,21,25H,3-4,7-9H2,1-2H3/t21-/m0/s1. The molecule has 4 rings (SSSR count). The molecule has 1 aliphatic heterocycles. The summed E-state index contributed by atoms with van der Waals surface area (Å²) in [5.74, 6) is 1.14. The number of hydrogen-bond acceptors (Lipinski definition) is 3. The van der Waals surface area contributed by atoms with Crippen LogP contribution in [0.3, 0.4) is 0 Å². The molecule has 2 aromatic carbocycles. The van der Waals surface area contributed by atoms with Crippen molar-refractivity contribution >= 4 is 17.3 Å². The minimum Gasteiger partial charge on any atom is -0.493 e. The molecule has 5 nitrogen and oxygen atoms in total. The number of carbonyl (C=O) groups excluding carboxylic acids is 1. The van der Waals surface area contributed by atoms with E-state index in [1.165, 1.54) is 6.07 Å². The molecule has 151 valence electrons. The van der Waals surface area contributed by atoms with Crippen LogP contribution in [0.25, 0.3) is 10.9 Å². The van der Waals surface area contributed by atoms with Crippen LogP contribution in [-0.2, 0) is 17.6 Å². The maximum atomic E-state index is 13.7. The maximum absolute atomic E-state index is 13.7. The molecule has 1 aromatic heterocycles. The third kappa shape index (κ3) is 3.67. The van der Waals surface area contributed by atoms with Crippen LogP contribution in [0.4, 0.5) is 4.39 Å². The fourth-order valence-electron chi connectivity index (χ4n) is 4.21. The normalized spacial score (nSPS) is 16.0. The Morgan fingerprint density at radius 3 is 2.90 bits per heavy atom. The van der Waals surface area contributed by atoms with Gasteiger partial charge in [0.15, 0.2) is 11.5 Å². The van der Waals surface area contributed by atoms with Crippen LogP contribution in [0.1, 0.15) is 36.1 Å².